The molecule has 0 N–H and O–H groups in total. The number of nitrogens with zero attached hydrogens (tertiary/aromatic N) is 5. The quantitative estimate of drug-likeness (QED) is 0.274. The summed E-state index contributed by atoms with van der Waals surface area (Å²) < 4.78 is 8.98. The van der Waals surface area contributed by atoms with Gasteiger partial charge >= 0.3 is 0 Å². The predicted octanol–water partition coefficient (Wildman–Crippen LogP) is 4.46. The van der Waals surface area contributed by atoms with Crippen LogP contribution in [0.15, 0.2) is 51.1 Å². The van der Waals surface area contributed by atoms with E-state index in [1.807, 2.05) is 24.3 Å². The molecule has 2 aromatic heterocycles. The number of hydrogen-bond donors (Lipinski definition) is 0. The van der Waals surface area contributed by atoms with Gasteiger partial charge in [-0.15, -0.1) is 0 Å². The summed E-state index contributed by atoms with van der Waals surface area (Å²) in [6.45, 7) is 0. The molecule has 0 radical (unpaired) electrons. The summed E-state index contributed by atoms with van der Waals surface area (Å²) in [5.41, 5.74) is 1.84. The van der Waals surface area contributed by atoms with E-state index in [-0.39, 0.29) is 5.69 Å². The number of para-hydroxylation sites is 1. The lowest BCUT2D eigenvalue weighted by Gasteiger charge is -2.06. The predicted molar refractivity (Wildman–Crippen MR) is 95.4 cm³/mol. The molecular weight excluding hydrogens is 414 g/mol. The second-order valence-electron chi connectivity index (χ2n) is 4.72. The fourth-order valence-corrected chi connectivity index (χ4v) is 4.55. The maximum absolute atomic E-state index is 11.5. The van der Waals surface area contributed by atoms with Crippen molar-refractivity contribution in [1.82, 2.24) is 18.7 Å². The third kappa shape index (κ3) is 2.52. The Bertz CT molecular complexity index is 1100. The second kappa shape index (κ2) is 6.04. The van der Waals surface area contributed by atoms with E-state index in [2.05, 4.69) is 34.6 Å². The van der Waals surface area contributed by atoms with Crippen molar-refractivity contribution in [1.29, 1.82) is 0 Å². The molecular formula is C14H6BrN5O2S2. The molecule has 2 aromatic carbocycles. The van der Waals surface area contributed by atoms with Crippen LogP contribution < -0.4 is 0 Å². The fourth-order valence-electron chi connectivity index (χ4n) is 2.26. The molecule has 0 aliphatic heterocycles. The fraction of sp³-hybridized carbons (Fsp3) is 0. The number of nitro groups is 1. The summed E-state index contributed by atoms with van der Waals surface area (Å²) in [7, 11) is 0. The van der Waals surface area contributed by atoms with Gasteiger partial charge in [0, 0.05) is 11.5 Å². The Hall–Kier alpha value is -2.17. The lowest BCUT2D eigenvalue weighted by molar-refractivity contribution is -0.387. The average Bonchev–Trinajstić information content (AvgIpc) is 3.07. The maximum atomic E-state index is 11.5. The van der Waals surface area contributed by atoms with Crippen molar-refractivity contribution >= 4 is 67.0 Å². The molecule has 0 aliphatic rings. The van der Waals surface area contributed by atoms with Crippen LogP contribution in [0.5, 0.6) is 0 Å². The molecule has 118 valence electrons. The maximum Gasteiger partial charge on any atom is 0.286 e. The summed E-state index contributed by atoms with van der Waals surface area (Å²) in [5, 5.41) is 13.0. The number of nitro benzene ring substituents is 1. The van der Waals surface area contributed by atoms with Crippen LogP contribution in [0.2, 0.25) is 0 Å². The normalized spacial score (nSPS) is 11.2. The van der Waals surface area contributed by atoms with E-state index in [0.29, 0.717) is 25.4 Å². The third-order valence-corrected chi connectivity index (χ3v) is 5.59. The molecule has 0 spiro atoms. The summed E-state index contributed by atoms with van der Waals surface area (Å²) in [5.74, 6) is 0. The van der Waals surface area contributed by atoms with E-state index in [1.54, 1.807) is 0 Å². The van der Waals surface area contributed by atoms with Crippen LogP contribution >= 0.6 is 39.4 Å². The summed E-state index contributed by atoms with van der Waals surface area (Å²) in [6.07, 6.45) is 1.45. The van der Waals surface area contributed by atoms with Gasteiger partial charge in [-0.1, -0.05) is 30.0 Å². The van der Waals surface area contributed by atoms with Gasteiger partial charge in [-0.25, -0.2) is 9.97 Å². The Morgan fingerprint density at radius 1 is 1.17 bits per heavy atom. The van der Waals surface area contributed by atoms with E-state index >= 15 is 0 Å². The van der Waals surface area contributed by atoms with Crippen molar-refractivity contribution in [2.75, 3.05) is 0 Å². The van der Waals surface area contributed by atoms with Crippen molar-refractivity contribution in [2.45, 2.75) is 9.92 Å². The molecule has 0 saturated carbocycles. The molecule has 0 unspecified atom stereocenters. The molecule has 0 atom stereocenters. The zero-order chi connectivity index (χ0) is 16.7. The van der Waals surface area contributed by atoms with Gasteiger partial charge in [0.05, 0.1) is 26.6 Å². The van der Waals surface area contributed by atoms with Crippen LogP contribution in [-0.4, -0.2) is 23.6 Å². The highest BCUT2D eigenvalue weighted by molar-refractivity contribution is 9.10. The van der Waals surface area contributed by atoms with Gasteiger partial charge in [0.25, 0.3) is 5.69 Å². The van der Waals surface area contributed by atoms with E-state index < -0.39 is 4.92 Å². The molecule has 0 aliphatic carbocycles. The van der Waals surface area contributed by atoms with E-state index in [0.717, 1.165) is 22.6 Å². The monoisotopic (exact) mass is 419 g/mol. The molecule has 0 amide bonds. The first-order valence-corrected chi connectivity index (χ1v) is 8.96. The van der Waals surface area contributed by atoms with E-state index in [9.17, 15) is 10.1 Å². The summed E-state index contributed by atoms with van der Waals surface area (Å²) in [4.78, 5) is 20.0. The van der Waals surface area contributed by atoms with Crippen LogP contribution in [0.25, 0.3) is 21.9 Å². The van der Waals surface area contributed by atoms with Gasteiger partial charge in [0.1, 0.15) is 27.3 Å². The molecule has 0 saturated heterocycles. The van der Waals surface area contributed by atoms with Crippen molar-refractivity contribution in [3.63, 3.8) is 0 Å². The molecule has 4 rings (SSSR count). The Kier molecular flexibility index (Phi) is 3.87. The molecule has 0 fully saturated rings. The van der Waals surface area contributed by atoms with Crippen LogP contribution in [0, 0.1) is 10.1 Å². The van der Waals surface area contributed by atoms with Crippen LogP contribution in [0.1, 0.15) is 0 Å². The van der Waals surface area contributed by atoms with Crippen molar-refractivity contribution in [2.24, 2.45) is 0 Å². The molecule has 24 heavy (non-hydrogen) atoms. The molecule has 7 nitrogen and oxygen atoms in total. The standard InChI is InChI=1S/C14H6BrN5O2S2/c15-8-5-10(20(21)22)13(12-11(8)18-24-19-12)23-14-7-3-1-2-4-9(7)16-6-17-14/h1-6H. The number of halogens is 1. The lowest BCUT2D eigenvalue weighted by Crippen LogP contribution is -1.94. The van der Waals surface area contributed by atoms with Gasteiger partial charge in [0.15, 0.2) is 0 Å². The van der Waals surface area contributed by atoms with Crippen LogP contribution in [0.3, 0.4) is 0 Å². The lowest BCUT2D eigenvalue weighted by atomic mass is 10.2. The van der Waals surface area contributed by atoms with Crippen molar-refractivity contribution in [3.8, 4) is 0 Å². The molecule has 0 bridgehead atoms. The Morgan fingerprint density at radius 2 is 1.96 bits per heavy atom. The number of rotatable bonds is 3. The van der Waals surface area contributed by atoms with Gasteiger partial charge in [0.2, 0.25) is 0 Å². The highest BCUT2D eigenvalue weighted by atomic mass is 79.9. The first kappa shape index (κ1) is 15.4. The van der Waals surface area contributed by atoms with Gasteiger partial charge < -0.3 is 0 Å². The molecule has 4 aromatic rings. The van der Waals surface area contributed by atoms with Gasteiger partial charge in [-0.05, 0) is 22.0 Å². The summed E-state index contributed by atoms with van der Waals surface area (Å²) in [6, 6.07) is 8.98. The number of hydrogen-bond acceptors (Lipinski definition) is 8. The highest BCUT2D eigenvalue weighted by Gasteiger charge is 2.24. The minimum absolute atomic E-state index is 0.0326. The highest BCUT2D eigenvalue weighted by Crippen LogP contribution is 2.43. The van der Waals surface area contributed by atoms with Gasteiger partial charge in [-0.3, -0.25) is 10.1 Å². The van der Waals surface area contributed by atoms with Crippen molar-refractivity contribution < 1.29 is 4.92 Å². The van der Waals surface area contributed by atoms with Gasteiger partial charge in [-0.2, -0.15) is 8.75 Å². The van der Waals surface area contributed by atoms with Crippen LogP contribution in [0.4, 0.5) is 5.69 Å². The van der Waals surface area contributed by atoms with Crippen LogP contribution in [-0.2, 0) is 0 Å². The first-order valence-electron chi connectivity index (χ1n) is 6.62. The largest absolute Gasteiger partial charge is 0.286 e. The third-order valence-electron chi connectivity index (χ3n) is 3.33. The first-order chi connectivity index (χ1) is 11.6. The zero-order valence-corrected chi connectivity index (χ0v) is 14.9. The molecule has 2 heterocycles. The van der Waals surface area contributed by atoms with E-state index in [1.165, 1.54) is 24.2 Å². The minimum atomic E-state index is -0.421. The SMILES string of the molecule is O=[N+]([O-])c1cc(Br)c2nsnc2c1Sc1ncnc2ccccc12. The Labute approximate surface area is 151 Å². The second-order valence-corrected chi connectivity index (χ2v) is 7.11. The Morgan fingerprint density at radius 3 is 2.79 bits per heavy atom. The smallest absolute Gasteiger partial charge is 0.258 e. The van der Waals surface area contributed by atoms with Crippen molar-refractivity contribution in [3.05, 3.63) is 51.2 Å². The number of fused-ring (bicyclic) bond motifs is 2. The zero-order valence-electron chi connectivity index (χ0n) is 11.7. The summed E-state index contributed by atoms with van der Waals surface area (Å²) >= 11 is 5.54. The number of benzene rings is 2. The molecule has 10 heteroatoms. The topological polar surface area (TPSA) is 94.7 Å². The average molecular weight is 420 g/mol. The number of aromatic nitrogens is 4. The van der Waals surface area contributed by atoms with E-state index in [4.69, 9.17) is 0 Å². The Balaban J connectivity index is 1.96. The minimum Gasteiger partial charge on any atom is -0.258 e.